The van der Waals surface area contributed by atoms with Gasteiger partial charge in [0.15, 0.2) is 0 Å². The molecule has 2 heterocycles. The number of pyridine rings is 1. The van der Waals surface area contributed by atoms with Crippen LogP contribution in [0.15, 0.2) is 43.1 Å². The molecule has 3 aromatic rings. The van der Waals surface area contributed by atoms with E-state index >= 15 is 0 Å². The molecule has 0 amide bonds. The molecule has 0 bridgehead atoms. The predicted octanol–water partition coefficient (Wildman–Crippen LogP) is 1.82. The van der Waals surface area contributed by atoms with Crippen LogP contribution in [0.2, 0.25) is 0 Å². The number of aromatic nitrogens is 4. The fourth-order valence-corrected chi connectivity index (χ4v) is 1.79. The number of hydrogen-bond acceptors (Lipinski definition) is 4. The van der Waals surface area contributed by atoms with Crippen LogP contribution in [0.4, 0.5) is 0 Å². The van der Waals surface area contributed by atoms with Crippen molar-refractivity contribution in [3.63, 3.8) is 0 Å². The first kappa shape index (κ1) is 9.77. The number of ether oxygens (including phenoxy) is 1. The van der Waals surface area contributed by atoms with Crippen molar-refractivity contribution in [3.05, 3.63) is 43.1 Å². The molecule has 5 nitrogen and oxygen atoms in total. The van der Waals surface area contributed by atoms with Crippen molar-refractivity contribution in [1.29, 1.82) is 0 Å². The first-order chi connectivity index (χ1) is 8.38. The number of methoxy groups -OCH3 is 1. The second-order valence-electron chi connectivity index (χ2n) is 3.59. The number of fused-ring (bicyclic) bond motifs is 1. The Balaban J connectivity index is 2.35. The molecule has 0 N–H and O–H groups in total. The number of rotatable bonds is 2. The van der Waals surface area contributed by atoms with Crippen molar-refractivity contribution in [1.82, 2.24) is 19.7 Å². The van der Waals surface area contributed by atoms with Crippen molar-refractivity contribution in [2.24, 2.45) is 0 Å². The lowest BCUT2D eigenvalue weighted by molar-refractivity contribution is 0.415. The molecule has 17 heavy (non-hydrogen) atoms. The Kier molecular flexibility index (Phi) is 2.22. The van der Waals surface area contributed by atoms with E-state index in [1.807, 2.05) is 28.8 Å². The van der Waals surface area contributed by atoms with E-state index in [-0.39, 0.29) is 0 Å². The highest BCUT2D eigenvalue weighted by Crippen LogP contribution is 2.26. The zero-order valence-corrected chi connectivity index (χ0v) is 9.24. The first-order valence-electron chi connectivity index (χ1n) is 5.16. The van der Waals surface area contributed by atoms with Crippen LogP contribution in [-0.4, -0.2) is 26.9 Å². The molecule has 0 aliphatic rings. The van der Waals surface area contributed by atoms with Gasteiger partial charge < -0.3 is 4.74 Å². The summed E-state index contributed by atoms with van der Waals surface area (Å²) in [5.74, 6) is 0.786. The summed E-state index contributed by atoms with van der Waals surface area (Å²) in [7, 11) is 1.65. The summed E-state index contributed by atoms with van der Waals surface area (Å²) < 4.78 is 7.10. The molecule has 0 atom stereocenters. The quantitative estimate of drug-likeness (QED) is 0.668. The number of benzene rings is 1. The lowest BCUT2D eigenvalue weighted by atomic mass is 10.2. The number of hydrogen-bond donors (Lipinski definition) is 0. The smallest absolute Gasteiger partial charge is 0.123 e. The maximum absolute atomic E-state index is 5.28. The van der Waals surface area contributed by atoms with Crippen molar-refractivity contribution < 1.29 is 4.74 Å². The largest absolute Gasteiger partial charge is 0.497 e. The Morgan fingerprint density at radius 3 is 2.76 bits per heavy atom. The predicted molar refractivity (Wildman–Crippen MR) is 63.2 cm³/mol. The monoisotopic (exact) mass is 226 g/mol. The molecule has 1 aromatic carbocycles. The van der Waals surface area contributed by atoms with E-state index in [0.717, 1.165) is 22.3 Å². The maximum Gasteiger partial charge on any atom is 0.123 e. The van der Waals surface area contributed by atoms with E-state index in [2.05, 4.69) is 15.2 Å². The average molecular weight is 226 g/mol. The average Bonchev–Trinajstić information content (AvgIpc) is 2.91. The van der Waals surface area contributed by atoms with Crippen LogP contribution in [0.5, 0.6) is 5.75 Å². The molecule has 0 aliphatic carbocycles. The van der Waals surface area contributed by atoms with Crippen LogP contribution in [0, 0.1) is 0 Å². The first-order valence-corrected chi connectivity index (χ1v) is 5.16. The Labute approximate surface area is 97.7 Å². The SMILES string of the molecule is COc1cc(-n2cnnc2)c2ncccc2c1. The van der Waals surface area contributed by atoms with E-state index in [4.69, 9.17) is 4.74 Å². The third kappa shape index (κ3) is 1.61. The minimum Gasteiger partial charge on any atom is -0.497 e. The van der Waals surface area contributed by atoms with Gasteiger partial charge in [0, 0.05) is 17.6 Å². The van der Waals surface area contributed by atoms with E-state index in [0.29, 0.717) is 0 Å². The van der Waals surface area contributed by atoms with Gasteiger partial charge in [-0.05, 0) is 12.1 Å². The fourth-order valence-electron chi connectivity index (χ4n) is 1.79. The molecule has 0 spiro atoms. The van der Waals surface area contributed by atoms with E-state index < -0.39 is 0 Å². The highest BCUT2D eigenvalue weighted by Gasteiger charge is 2.07. The Morgan fingerprint density at radius 2 is 2.00 bits per heavy atom. The number of nitrogens with zero attached hydrogens (tertiary/aromatic N) is 4. The lowest BCUT2D eigenvalue weighted by Crippen LogP contribution is -1.95. The van der Waals surface area contributed by atoms with E-state index in [1.54, 1.807) is 26.0 Å². The topological polar surface area (TPSA) is 52.8 Å². The summed E-state index contributed by atoms with van der Waals surface area (Å²) in [5.41, 5.74) is 1.80. The van der Waals surface area contributed by atoms with E-state index in [9.17, 15) is 0 Å². The Hall–Kier alpha value is -2.43. The van der Waals surface area contributed by atoms with Gasteiger partial charge in [-0.1, -0.05) is 6.07 Å². The Morgan fingerprint density at radius 1 is 1.18 bits per heavy atom. The maximum atomic E-state index is 5.28. The molecule has 0 fully saturated rings. The molecule has 3 rings (SSSR count). The summed E-state index contributed by atoms with van der Waals surface area (Å²) in [6.45, 7) is 0. The Bertz CT molecular complexity index is 649. The van der Waals surface area contributed by atoms with Gasteiger partial charge in [-0.3, -0.25) is 9.55 Å². The second-order valence-corrected chi connectivity index (χ2v) is 3.59. The van der Waals surface area contributed by atoms with Crippen molar-refractivity contribution in [3.8, 4) is 11.4 Å². The zero-order chi connectivity index (χ0) is 11.7. The van der Waals surface area contributed by atoms with Gasteiger partial charge in [-0.25, -0.2) is 0 Å². The minimum absolute atomic E-state index is 0.786. The molecule has 5 heteroatoms. The highest BCUT2D eigenvalue weighted by atomic mass is 16.5. The molecular formula is C12H10N4O. The summed E-state index contributed by atoms with van der Waals surface area (Å²) in [6, 6.07) is 7.77. The van der Waals surface area contributed by atoms with Crippen molar-refractivity contribution in [2.75, 3.05) is 7.11 Å². The zero-order valence-electron chi connectivity index (χ0n) is 9.24. The van der Waals surface area contributed by atoms with Gasteiger partial charge in [-0.2, -0.15) is 0 Å². The molecular weight excluding hydrogens is 216 g/mol. The van der Waals surface area contributed by atoms with Crippen molar-refractivity contribution >= 4 is 10.9 Å². The summed E-state index contributed by atoms with van der Waals surface area (Å²) in [6.07, 6.45) is 5.05. The van der Waals surface area contributed by atoms with Crippen LogP contribution in [-0.2, 0) is 0 Å². The van der Waals surface area contributed by atoms with Crippen LogP contribution < -0.4 is 4.74 Å². The van der Waals surface area contributed by atoms with Gasteiger partial charge >= 0.3 is 0 Å². The molecule has 0 saturated heterocycles. The van der Waals surface area contributed by atoms with Crippen LogP contribution >= 0.6 is 0 Å². The van der Waals surface area contributed by atoms with Gasteiger partial charge in [0.2, 0.25) is 0 Å². The standard InChI is InChI=1S/C12H10N4O/c1-17-10-5-9-3-2-4-13-12(9)11(6-10)16-7-14-15-8-16/h2-8H,1H3. The third-order valence-electron chi connectivity index (χ3n) is 2.59. The molecule has 0 radical (unpaired) electrons. The second kappa shape index (κ2) is 3.86. The van der Waals surface area contributed by atoms with Gasteiger partial charge in [-0.15, -0.1) is 10.2 Å². The van der Waals surface area contributed by atoms with Crippen LogP contribution in [0.25, 0.3) is 16.6 Å². The molecule has 0 unspecified atom stereocenters. The summed E-state index contributed by atoms with van der Waals surface area (Å²) in [5, 5.41) is 8.63. The lowest BCUT2D eigenvalue weighted by Gasteiger charge is -2.08. The van der Waals surface area contributed by atoms with E-state index in [1.165, 1.54) is 0 Å². The fraction of sp³-hybridized carbons (Fsp3) is 0.0833. The van der Waals surface area contributed by atoms with Crippen LogP contribution in [0.1, 0.15) is 0 Å². The van der Waals surface area contributed by atoms with Crippen molar-refractivity contribution in [2.45, 2.75) is 0 Å². The highest BCUT2D eigenvalue weighted by molar-refractivity contribution is 5.87. The minimum atomic E-state index is 0.786. The third-order valence-corrected chi connectivity index (χ3v) is 2.59. The molecule has 0 saturated carbocycles. The normalized spacial score (nSPS) is 10.6. The molecule has 2 aromatic heterocycles. The summed E-state index contributed by atoms with van der Waals surface area (Å²) in [4.78, 5) is 4.38. The van der Waals surface area contributed by atoms with Crippen LogP contribution in [0.3, 0.4) is 0 Å². The molecule has 84 valence electrons. The van der Waals surface area contributed by atoms with Gasteiger partial charge in [0.05, 0.1) is 18.3 Å². The molecule has 0 aliphatic heterocycles. The van der Waals surface area contributed by atoms with Gasteiger partial charge in [0.1, 0.15) is 18.4 Å². The summed E-state index contributed by atoms with van der Waals surface area (Å²) >= 11 is 0. The van der Waals surface area contributed by atoms with Gasteiger partial charge in [0.25, 0.3) is 0 Å².